The van der Waals surface area contributed by atoms with E-state index < -0.39 is 0 Å². The van der Waals surface area contributed by atoms with Crippen LogP contribution in [0.3, 0.4) is 0 Å². The van der Waals surface area contributed by atoms with Crippen LogP contribution in [0.5, 0.6) is 5.75 Å². The zero-order chi connectivity index (χ0) is 19.8. The number of nitrogens with one attached hydrogen (secondary N) is 2. The van der Waals surface area contributed by atoms with Crippen LogP contribution in [0.4, 0.5) is 0 Å². The zero-order valence-electron chi connectivity index (χ0n) is 16.6. The minimum absolute atomic E-state index is 0.247. The minimum Gasteiger partial charge on any atom is -0.492 e. The van der Waals surface area contributed by atoms with Crippen molar-refractivity contribution in [3.8, 4) is 5.75 Å². The van der Waals surface area contributed by atoms with Gasteiger partial charge in [0.1, 0.15) is 12.4 Å². The summed E-state index contributed by atoms with van der Waals surface area (Å²) in [5.41, 5.74) is 0. The molecule has 1 atom stereocenters. The maximum Gasteiger partial charge on any atom is 0.225 e. The van der Waals surface area contributed by atoms with Crippen molar-refractivity contribution in [2.75, 3.05) is 32.8 Å². The summed E-state index contributed by atoms with van der Waals surface area (Å²) in [7, 11) is 0. The average Bonchev–Trinajstić information content (AvgIpc) is 3.37. The quantitative estimate of drug-likeness (QED) is 0.415. The zero-order valence-corrected chi connectivity index (χ0v) is 17.4. The van der Waals surface area contributed by atoms with Crippen LogP contribution in [0.15, 0.2) is 29.3 Å². The summed E-state index contributed by atoms with van der Waals surface area (Å²) in [6.07, 6.45) is 5.47. The number of benzene rings is 1. The molecule has 1 heterocycles. The van der Waals surface area contributed by atoms with E-state index in [9.17, 15) is 4.79 Å². The second-order valence-electron chi connectivity index (χ2n) is 7.46. The normalized spacial score (nSPS) is 20.4. The highest BCUT2D eigenvalue weighted by Gasteiger charge is 2.32. The van der Waals surface area contributed by atoms with Crippen LogP contribution >= 0.6 is 11.6 Å². The van der Waals surface area contributed by atoms with Gasteiger partial charge in [-0.05, 0) is 44.4 Å². The molecule has 1 aromatic carbocycles. The van der Waals surface area contributed by atoms with Crippen LogP contribution in [-0.4, -0.2) is 55.6 Å². The highest BCUT2D eigenvalue weighted by molar-refractivity contribution is 6.30. The predicted molar refractivity (Wildman–Crippen MR) is 113 cm³/mol. The van der Waals surface area contributed by atoms with Crippen LogP contribution in [0.2, 0.25) is 5.02 Å². The van der Waals surface area contributed by atoms with Crippen molar-refractivity contribution in [1.82, 2.24) is 15.5 Å². The van der Waals surface area contributed by atoms with E-state index in [4.69, 9.17) is 16.3 Å². The van der Waals surface area contributed by atoms with Gasteiger partial charge in [0.2, 0.25) is 5.91 Å². The molecule has 2 aliphatic rings. The van der Waals surface area contributed by atoms with Gasteiger partial charge in [-0.15, -0.1) is 0 Å². The Balaban J connectivity index is 1.44. The molecule has 1 aliphatic carbocycles. The third-order valence-corrected chi connectivity index (χ3v) is 5.55. The number of guanidine groups is 1. The van der Waals surface area contributed by atoms with Gasteiger partial charge in [0.25, 0.3) is 0 Å². The van der Waals surface area contributed by atoms with Gasteiger partial charge in [0, 0.05) is 36.6 Å². The van der Waals surface area contributed by atoms with Gasteiger partial charge in [0.15, 0.2) is 5.96 Å². The van der Waals surface area contributed by atoms with E-state index in [-0.39, 0.29) is 12.0 Å². The fourth-order valence-electron chi connectivity index (χ4n) is 3.90. The Labute approximate surface area is 172 Å². The fourth-order valence-corrected chi connectivity index (χ4v) is 4.08. The second-order valence-corrected chi connectivity index (χ2v) is 7.90. The lowest BCUT2D eigenvalue weighted by Crippen LogP contribution is -2.45. The van der Waals surface area contributed by atoms with Crippen molar-refractivity contribution in [3.05, 3.63) is 29.3 Å². The van der Waals surface area contributed by atoms with Crippen molar-refractivity contribution >= 4 is 23.5 Å². The predicted octanol–water partition coefficient (Wildman–Crippen LogP) is 3.07. The molecule has 1 saturated heterocycles. The summed E-state index contributed by atoms with van der Waals surface area (Å²) < 4.78 is 5.69. The molecular formula is C21H31ClN4O2. The Morgan fingerprint density at radius 3 is 2.89 bits per heavy atom. The van der Waals surface area contributed by atoms with Crippen molar-refractivity contribution in [1.29, 1.82) is 0 Å². The van der Waals surface area contributed by atoms with E-state index in [1.165, 1.54) is 12.8 Å². The maximum absolute atomic E-state index is 12.6. The molecule has 1 saturated carbocycles. The first kappa shape index (κ1) is 20.8. The summed E-state index contributed by atoms with van der Waals surface area (Å²) in [6.45, 7) is 5.46. The first-order chi connectivity index (χ1) is 13.7. The number of aliphatic imine (C=N–C) groups is 1. The fraction of sp³-hybridized carbons (Fsp3) is 0.619. The number of nitrogens with zero attached hydrogens (tertiary/aromatic N) is 2. The topological polar surface area (TPSA) is 66.0 Å². The van der Waals surface area contributed by atoms with Crippen molar-refractivity contribution < 1.29 is 9.53 Å². The first-order valence-corrected chi connectivity index (χ1v) is 10.8. The van der Waals surface area contributed by atoms with Gasteiger partial charge in [-0.2, -0.15) is 0 Å². The third-order valence-electron chi connectivity index (χ3n) is 5.32. The van der Waals surface area contributed by atoms with Gasteiger partial charge < -0.3 is 20.3 Å². The molecule has 0 radical (unpaired) electrons. The van der Waals surface area contributed by atoms with Gasteiger partial charge in [-0.25, -0.2) is 4.99 Å². The number of likely N-dealkylation sites (tertiary alicyclic amines) is 1. The number of hydrogen-bond acceptors (Lipinski definition) is 3. The Morgan fingerprint density at radius 2 is 2.14 bits per heavy atom. The van der Waals surface area contributed by atoms with E-state index >= 15 is 0 Å². The van der Waals surface area contributed by atoms with Crippen molar-refractivity contribution in [3.63, 3.8) is 0 Å². The Morgan fingerprint density at radius 1 is 1.32 bits per heavy atom. The lowest BCUT2D eigenvalue weighted by molar-refractivity contribution is -0.134. The highest BCUT2D eigenvalue weighted by Crippen LogP contribution is 2.27. The summed E-state index contributed by atoms with van der Waals surface area (Å²) in [4.78, 5) is 19.2. The number of ether oxygens (including phenoxy) is 1. The molecule has 0 aromatic heterocycles. The monoisotopic (exact) mass is 406 g/mol. The lowest BCUT2D eigenvalue weighted by atomic mass is 10.1. The summed E-state index contributed by atoms with van der Waals surface area (Å²) in [5.74, 6) is 2.12. The molecule has 2 N–H and O–H groups in total. The van der Waals surface area contributed by atoms with Crippen molar-refractivity contribution in [2.24, 2.45) is 10.9 Å². The van der Waals surface area contributed by atoms with E-state index in [2.05, 4.69) is 15.6 Å². The minimum atomic E-state index is 0.247. The van der Waals surface area contributed by atoms with Gasteiger partial charge in [-0.3, -0.25) is 4.79 Å². The summed E-state index contributed by atoms with van der Waals surface area (Å²) >= 11 is 5.96. The Kier molecular flexibility index (Phi) is 7.83. The molecule has 3 rings (SSSR count). The van der Waals surface area contributed by atoms with Crippen molar-refractivity contribution in [2.45, 2.75) is 45.1 Å². The summed E-state index contributed by atoms with van der Waals surface area (Å²) in [6, 6.07) is 7.61. The highest BCUT2D eigenvalue weighted by atomic mass is 35.5. The van der Waals surface area contributed by atoms with Crippen LogP contribution in [-0.2, 0) is 4.79 Å². The molecule has 154 valence electrons. The Hall–Kier alpha value is -1.95. The van der Waals surface area contributed by atoms with Gasteiger partial charge >= 0.3 is 0 Å². The van der Waals surface area contributed by atoms with E-state index in [1.807, 2.05) is 30.0 Å². The number of carbonyl (C=O) groups is 1. The van der Waals surface area contributed by atoms with Crippen LogP contribution < -0.4 is 15.4 Å². The van der Waals surface area contributed by atoms with E-state index in [1.54, 1.807) is 6.07 Å². The molecule has 28 heavy (non-hydrogen) atoms. The molecule has 2 fully saturated rings. The van der Waals surface area contributed by atoms with Gasteiger partial charge in [-0.1, -0.05) is 30.5 Å². The standard InChI is InChI=1S/C21H31ClN4O2/c1-2-23-21(24-11-13-28-19-9-5-8-17(22)14-19)25-18-10-12-26(15-18)20(27)16-6-3-4-7-16/h5,8-9,14,16,18H,2-4,6-7,10-13,15H2,1H3,(H2,23,24,25). The maximum atomic E-state index is 12.6. The lowest BCUT2D eigenvalue weighted by Gasteiger charge is -2.21. The molecule has 6 nitrogen and oxygen atoms in total. The molecule has 1 unspecified atom stereocenters. The average molecular weight is 407 g/mol. The smallest absolute Gasteiger partial charge is 0.225 e. The summed E-state index contributed by atoms with van der Waals surface area (Å²) in [5, 5.41) is 7.40. The molecule has 1 amide bonds. The van der Waals surface area contributed by atoms with Gasteiger partial charge in [0.05, 0.1) is 6.54 Å². The number of hydrogen-bond donors (Lipinski definition) is 2. The molecular weight excluding hydrogens is 376 g/mol. The number of carbonyl (C=O) groups excluding carboxylic acids is 1. The Bertz CT molecular complexity index is 676. The number of halogens is 1. The number of amides is 1. The number of rotatable bonds is 7. The molecule has 1 aromatic rings. The van der Waals surface area contributed by atoms with Crippen LogP contribution in [0.1, 0.15) is 39.0 Å². The molecule has 7 heteroatoms. The molecule has 0 spiro atoms. The molecule has 1 aliphatic heterocycles. The molecule has 0 bridgehead atoms. The SMILES string of the molecule is CCNC(=NCCOc1cccc(Cl)c1)NC1CCN(C(=O)C2CCCC2)C1. The largest absolute Gasteiger partial charge is 0.492 e. The van der Waals surface area contributed by atoms with E-state index in [0.717, 1.165) is 50.6 Å². The third kappa shape index (κ3) is 6.03. The van der Waals surface area contributed by atoms with E-state index in [0.29, 0.717) is 24.1 Å². The van der Waals surface area contributed by atoms with Crippen LogP contribution in [0.25, 0.3) is 0 Å². The van der Waals surface area contributed by atoms with Crippen LogP contribution in [0, 0.1) is 5.92 Å². The first-order valence-electron chi connectivity index (χ1n) is 10.4. The second kappa shape index (κ2) is 10.6.